The van der Waals surface area contributed by atoms with Gasteiger partial charge in [-0.05, 0) is 37.6 Å². The standard InChI is InChI=1S/C10H19N.C2H6/c1-8-3-2-4-10-9(7-8)5-6-11-10;1-2/h8-11H,2-7H2,1H3;1-2H3. The normalized spacial score (nSPS) is 38.5. The van der Waals surface area contributed by atoms with E-state index in [2.05, 4.69) is 12.2 Å². The number of hydrogen-bond acceptors (Lipinski definition) is 1. The molecule has 1 N–H and O–H groups in total. The molecule has 1 saturated carbocycles. The van der Waals surface area contributed by atoms with E-state index < -0.39 is 0 Å². The molecule has 78 valence electrons. The Labute approximate surface area is 83.3 Å². The molecule has 2 fully saturated rings. The molecule has 1 aliphatic heterocycles. The van der Waals surface area contributed by atoms with Crippen LogP contribution in [0.5, 0.6) is 0 Å². The van der Waals surface area contributed by atoms with Crippen LogP contribution in [0.3, 0.4) is 0 Å². The summed E-state index contributed by atoms with van der Waals surface area (Å²) in [5.41, 5.74) is 0. The molecule has 3 atom stereocenters. The van der Waals surface area contributed by atoms with Crippen LogP contribution in [0.25, 0.3) is 0 Å². The lowest BCUT2D eigenvalue weighted by Crippen LogP contribution is -2.25. The molecular weight excluding hydrogens is 158 g/mol. The highest BCUT2D eigenvalue weighted by Gasteiger charge is 2.29. The maximum absolute atomic E-state index is 3.62. The molecule has 13 heavy (non-hydrogen) atoms. The summed E-state index contributed by atoms with van der Waals surface area (Å²) < 4.78 is 0. The summed E-state index contributed by atoms with van der Waals surface area (Å²) >= 11 is 0. The minimum atomic E-state index is 0.889. The average molecular weight is 183 g/mol. The van der Waals surface area contributed by atoms with Gasteiger partial charge in [-0.1, -0.05) is 33.6 Å². The first-order valence-corrected chi connectivity index (χ1v) is 6.09. The second-order valence-corrected chi connectivity index (χ2v) is 4.38. The summed E-state index contributed by atoms with van der Waals surface area (Å²) in [5.74, 6) is 2.01. The van der Waals surface area contributed by atoms with Gasteiger partial charge in [-0.25, -0.2) is 0 Å². The smallest absolute Gasteiger partial charge is 0.00959 e. The maximum Gasteiger partial charge on any atom is 0.00959 e. The van der Waals surface area contributed by atoms with E-state index in [1.807, 2.05) is 13.8 Å². The number of nitrogens with one attached hydrogen (secondary N) is 1. The average Bonchev–Trinajstić information content (AvgIpc) is 2.50. The van der Waals surface area contributed by atoms with Gasteiger partial charge in [0.15, 0.2) is 0 Å². The van der Waals surface area contributed by atoms with Crippen LogP contribution in [-0.4, -0.2) is 12.6 Å². The summed E-state index contributed by atoms with van der Waals surface area (Å²) in [4.78, 5) is 0. The zero-order valence-electron chi connectivity index (χ0n) is 9.47. The maximum atomic E-state index is 3.62. The molecule has 0 aromatic rings. The van der Waals surface area contributed by atoms with Gasteiger partial charge in [0.05, 0.1) is 0 Å². The molecule has 1 heterocycles. The molecule has 0 aromatic heterocycles. The third-order valence-electron chi connectivity index (χ3n) is 3.41. The van der Waals surface area contributed by atoms with Crippen LogP contribution in [-0.2, 0) is 0 Å². The molecule has 0 radical (unpaired) electrons. The summed E-state index contributed by atoms with van der Waals surface area (Å²) in [5, 5.41) is 3.62. The molecule has 2 aliphatic rings. The van der Waals surface area contributed by atoms with Gasteiger partial charge in [0.1, 0.15) is 0 Å². The van der Waals surface area contributed by atoms with Crippen LogP contribution < -0.4 is 5.32 Å². The van der Waals surface area contributed by atoms with Gasteiger partial charge < -0.3 is 5.32 Å². The Bertz CT molecular complexity index is 133. The van der Waals surface area contributed by atoms with Gasteiger partial charge >= 0.3 is 0 Å². The Morgan fingerprint density at radius 1 is 1.08 bits per heavy atom. The van der Waals surface area contributed by atoms with Crippen LogP contribution >= 0.6 is 0 Å². The Morgan fingerprint density at radius 3 is 2.62 bits per heavy atom. The Morgan fingerprint density at radius 2 is 1.85 bits per heavy atom. The van der Waals surface area contributed by atoms with Crippen molar-refractivity contribution in [2.24, 2.45) is 11.8 Å². The summed E-state index contributed by atoms with van der Waals surface area (Å²) in [7, 11) is 0. The highest BCUT2D eigenvalue weighted by molar-refractivity contribution is 4.86. The van der Waals surface area contributed by atoms with Crippen molar-refractivity contribution in [2.45, 2.75) is 58.9 Å². The van der Waals surface area contributed by atoms with E-state index in [9.17, 15) is 0 Å². The molecule has 1 saturated heterocycles. The lowest BCUT2D eigenvalue weighted by Gasteiger charge is -2.16. The second-order valence-electron chi connectivity index (χ2n) is 4.38. The molecule has 0 bridgehead atoms. The van der Waals surface area contributed by atoms with Gasteiger partial charge in [0.25, 0.3) is 0 Å². The van der Waals surface area contributed by atoms with Gasteiger partial charge in [-0.2, -0.15) is 0 Å². The molecular formula is C12H25N. The number of rotatable bonds is 0. The predicted molar refractivity (Wildman–Crippen MR) is 58.9 cm³/mol. The van der Waals surface area contributed by atoms with Crippen molar-refractivity contribution in [3.05, 3.63) is 0 Å². The predicted octanol–water partition coefficient (Wildman–Crippen LogP) is 3.20. The first kappa shape index (κ1) is 11.0. The Kier molecular flexibility index (Phi) is 4.79. The molecule has 1 aliphatic carbocycles. The van der Waals surface area contributed by atoms with Crippen molar-refractivity contribution in [3.63, 3.8) is 0 Å². The Hall–Kier alpha value is -0.0400. The van der Waals surface area contributed by atoms with Crippen LogP contribution in [0.15, 0.2) is 0 Å². The van der Waals surface area contributed by atoms with Gasteiger partial charge in [-0.3, -0.25) is 0 Å². The Balaban J connectivity index is 0.000000396. The minimum absolute atomic E-state index is 0.889. The monoisotopic (exact) mass is 183 g/mol. The van der Waals surface area contributed by atoms with E-state index in [1.165, 1.54) is 38.6 Å². The molecule has 0 spiro atoms. The van der Waals surface area contributed by atoms with Gasteiger partial charge in [0.2, 0.25) is 0 Å². The molecule has 1 nitrogen and oxygen atoms in total. The summed E-state index contributed by atoms with van der Waals surface area (Å²) in [6, 6.07) is 0.889. The van der Waals surface area contributed by atoms with Crippen molar-refractivity contribution < 1.29 is 0 Å². The molecule has 0 amide bonds. The molecule has 1 heteroatoms. The van der Waals surface area contributed by atoms with Crippen molar-refractivity contribution in [1.82, 2.24) is 5.32 Å². The fraction of sp³-hybridized carbons (Fsp3) is 1.00. The fourth-order valence-corrected chi connectivity index (χ4v) is 2.76. The topological polar surface area (TPSA) is 12.0 Å². The number of fused-ring (bicyclic) bond motifs is 1. The van der Waals surface area contributed by atoms with Crippen molar-refractivity contribution in [2.75, 3.05) is 6.54 Å². The van der Waals surface area contributed by atoms with Crippen LogP contribution in [0.1, 0.15) is 52.9 Å². The number of hydrogen-bond donors (Lipinski definition) is 1. The van der Waals surface area contributed by atoms with Crippen molar-refractivity contribution in [1.29, 1.82) is 0 Å². The third-order valence-corrected chi connectivity index (χ3v) is 3.41. The van der Waals surface area contributed by atoms with E-state index in [1.54, 1.807) is 0 Å². The molecule has 3 unspecified atom stereocenters. The summed E-state index contributed by atoms with van der Waals surface area (Å²) in [6.45, 7) is 7.70. The van der Waals surface area contributed by atoms with E-state index >= 15 is 0 Å². The van der Waals surface area contributed by atoms with E-state index in [0.717, 1.165) is 17.9 Å². The molecule has 2 rings (SSSR count). The van der Waals surface area contributed by atoms with E-state index in [-0.39, 0.29) is 0 Å². The van der Waals surface area contributed by atoms with Crippen LogP contribution in [0.2, 0.25) is 0 Å². The fourth-order valence-electron chi connectivity index (χ4n) is 2.76. The summed E-state index contributed by atoms with van der Waals surface area (Å²) in [6.07, 6.45) is 7.28. The van der Waals surface area contributed by atoms with Crippen molar-refractivity contribution in [3.8, 4) is 0 Å². The SMILES string of the molecule is CC.CC1CCCC2NCCC2C1. The second kappa shape index (κ2) is 5.64. The zero-order valence-corrected chi connectivity index (χ0v) is 9.47. The third kappa shape index (κ3) is 2.98. The van der Waals surface area contributed by atoms with E-state index in [0.29, 0.717) is 0 Å². The molecule has 0 aromatic carbocycles. The highest BCUT2D eigenvalue weighted by atomic mass is 14.9. The van der Waals surface area contributed by atoms with E-state index in [4.69, 9.17) is 0 Å². The first-order chi connectivity index (χ1) is 6.36. The minimum Gasteiger partial charge on any atom is -0.314 e. The van der Waals surface area contributed by atoms with Gasteiger partial charge in [-0.15, -0.1) is 0 Å². The van der Waals surface area contributed by atoms with Crippen LogP contribution in [0.4, 0.5) is 0 Å². The first-order valence-electron chi connectivity index (χ1n) is 6.09. The quantitative estimate of drug-likeness (QED) is 0.608. The zero-order chi connectivity index (χ0) is 9.68. The lowest BCUT2D eigenvalue weighted by atomic mass is 9.92. The van der Waals surface area contributed by atoms with Crippen molar-refractivity contribution >= 4 is 0 Å². The lowest BCUT2D eigenvalue weighted by molar-refractivity contribution is 0.383. The highest BCUT2D eigenvalue weighted by Crippen LogP contribution is 2.32. The largest absolute Gasteiger partial charge is 0.314 e. The van der Waals surface area contributed by atoms with Gasteiger partial charge in [0, 0.05) is 6.04 Å². The van der Waals surface area contributed by atoms with Crippen LogP contribution in [0, 0.1) is 11.8 Å².